The molecule has 21 heavy (non-hydrogen) atoms. The highest BCUT2D eigenvalue weighted by Gasteiger charge is 2.18. The van der Waals surface area contributed by atoms with Crippen molar-refractivity contribution in [2.24, 2.45) is 0 Å². The fourth-order valence-electron chi connectivity index (χ4n) is 2.27. The summed E-state index contributed by atoms with van der Waals surface area (Å²) in [4.78, 5) is 12.0. The molecule has 0 atom stereocenters. The zero-order valence-corrected chi connectivity index (χ0v) is 12.2. The first kappa shape index (κ1) is 13.6. The molecule has 0 fully saturated rings. The topological polar surface area (TPSA) is 44.1 Å². The zero-order valence-electron chi connectivity index (χ0n) is 11.4. The summed E-state index contributed by atoms with van der Waals surface area (Å²) in [7, 11) is 1.37. The highest BCUT2D eigenvalue weighted by atomic mass is 35.5. The monoisotopic (exact) mass is 300 g/mol. The molecule has 0 saturated heterocycles. The van der Waals surface area contributed by atoms with Gasteiger partial charge < -0.3 is 4.74 Å². The molecule has 1 heterocycles. The molecule has 0 bridgehead atoms. The van der Waals surface area contributed by atoms with E-state index in [9.17, 15) is 4.79 Å². The van der Waals surface area contributed by atoms with Crippen molar-refractivity contribution in [2.45, 2.75) is 6.54 Å². The Morgan fingerprint density at radius 3 is 2.62 bits per heavy atom. The van der Waals surface area contributed by atoms with E-state index in [0.717, 1.165) is 16.5 Å². The Balaban J connectivity index is 2.08. The zero-order chi connectivity index (χ0) is 14.8. The van der Waals surface area contributed by atoms with Crippen molar-refractivity contribution in [3.05, 3.63) is 64.8 Å². The SMILES string of the molecule is COC(=O)c1c2ccccc2nn1Cc1ccc(Cl)cc1. The van der Waals surface area contributed by atoms with Crippen LogP contribution in [0.25, 0.3) is 10.9 Å². The fraction of sp³-hybridized carbons (Fsp3) is 0.125. The molecule has 1 aromatic heterocycles. The molecule has 3 aromatic rings. The summed E-state index contributed by atoms with van der Waals surface area (Å²) >= 11 is 5.89. The van der Waals surface area contributed by atoms with Gasteiger partial charge in [-0.3, -0.25) is 4.68 Å². The van der Waals surface area contributed by atoms with E-state index in [-0.39, 0.29) is 0 Å². The van der Waals surface area contributed by atoms with Crippen LogP contribution in [0, 0.1) is 0 Å². The summed E-state index contributed by atoms with van der Waals surface area (Å²) in [6, 6.07) is 15.0. The van der Waals surface area contributed by atoms with E-state index in [1.165, 1.54) is 7.11 Å². The molecule has 0 amide bonds. The Morgan fingerprint density at radius 1 is 1.19 bits per heavy atom. The van der Waals surface area contributed by atoms with Crippen molar-refractivity contribution in [2.75, 3.05) is 7.11 Å². The van der Waals surface area contributed by atoms with Gasteiger partial charge in [0, 0.05) is 10.4 Å². The Bertz CT molecular complexity index is 794. The van der Waals surface area contributed by atoms with Crippen LogP contribution < -0.4 is 0 Å². The summed E-state index contributed by atoms with van der Waals surface area (Å²) in [5, 5.41) is 5.95. The van der Waals surface area contributed by atoms with E-state index in [1.807, 2.05) is 48.5 Å². The number of nitrogens with zero attached hydrogens (tertiary/aromatic N) is 2. The van der Waals surface area contributed by atoms with Gasteiger partial charge in [0.1, 0.15) is 0 Å². The quantitative estimate of drug-likeness (QED) is 0.695. The van der Waals surface area contributed by atoms with Gasteiger partial charge in [0.2, 0.25) is 0 Å². The molecule has 5 heteroatoms. The standard InChI is InChI=1S/C16H13ClN2O2/c1-21-16(20)15-13-4-2-3-5-14(13)18-19(15)10-11-6-8-12(17)9-7-11/h2-9H,10H2,1H3. The van der Waals surface area contributed by atoms with Gasteiger partial charge in [0.05, 0.1) is 19.2 Å². The maximum Gasteiger partial charge on any atom is 0.356 e. The third-order valence-corrected chi connectivity index (χ3v) is 3.52. The molecule has 0 aliphatic carbocycles. The summed E-state index contributed by atoms with van der Waals surface area (Å²) < 4.78 is 6.55. The van der Waals surface area contributed by atoms with Crippen LogP contribution in [0.5, 0.6) is 0 Å². The largest absolute Gasteiger partial charge is 0.464 e. The number of benzene rings is 2. The predicted octanol–water partition coefficient (Wildman–Crippen LogP) is 3.52. The number of aromatic nitrogens is 2. The minimum atomic E-state index is -0.391. The highest BCUT2D eigenvalue weighted by Crippen LogP contribution is 2.20. The Hall–Kier alpha value is -2.33. The van der Waals surface area contributed by atoms with E-state index < -0.39 is 5.97 Å². The van der Waals surface area contributed by atoms with Crippen LogP contribution in [0.3, 0.4) is 0 Å². The molecular weight excluding hydrogens is 288 g/mol. The van der Waals surface area contributed by atoms with Crippen molar-refractivity contribution in [3.63, 3.8) is 0 Å². The molecule has 0 radical (unpaired) electrons. The van der Waals surface area contributed by atoms with E-state index >= 15 is 0 Å². The minimum absolute atomic E-state index is 0.391. The van der Waals surface area contributed by atoms with Gasteiger partial charge in [-0.25, -0.2) is 4.79 Å². The predicted molar refractivity (Wildman–Crippen MR) is 81.6 cm³/mol. The summed E-state index contributed by atoms with van der Waals surface area (Å²) in [5.41, 5.74) is 2.24. The lowest BCUT2D eigenvalue weighted by atomic mass is 10.2. The number of ether oxygens (including phenoxy) is 1. The summed E-state index contributed by atoms with van der Waals surface area (Å²) in [5.74, 6) is -0.391. The number of hydrogen-bond donors (Lipinski definition) is 0. The van der Waals surface area contributed by atoms with Gasteiger partial charge in [-0.05, 0) is 23.8 Å². The maximum atomic E-state index is 12.0. The van der Waals surface area contributed by atoms with Crippen molar-refractivity contribution >= 4 is 28.5 Å². The second-order valence-corrected chi connectivity index (χ2v) is 5.08. The molecule has 106 valence electrons. The molecule has 0 N–H and O–H groups in total. The van der Waals surface area contributed by atoms with Crippen LogP contribution in [0.1, 0.15) is 16.1 Å². The number of methoxy groups -OCH3 is 1. The Labute approximate surface area is 126 Å². The van der Waals surface area contributed by atoms with Crippen molar-refractivity contribution < 1.29 is 9.53 Å². The second-order valence-electron chi connectivity index (χ2n) is 4.64. The lowest BCUT2D eigenvalue weighted by Gasteiger charge is -2.06. The normalized spacial score (nSPS) is 10.8. The number of hydrogen-bond acceptors (Lipinski definition) is 3. The van der Waals surface area contributed by atoms with E-state index in [4.69, 9.17) is 16.3 Å². The van der Waals surface area contributed by atoms with Gasteiger partial charge >= 0.3 is 5.97 Å². The molecule has 3 rings (SSSR count). The smallest absolute Gasteiger partial charge is 0.356 e. The highest BCUT2D eigenvalue weighted by molar-refractivity contribution is 6.30. The lowest BCUT2D eigenvalue weighted by molar-refractivity contribution is 0.0589. The summed E-state index contributed by atoms with van der Waals surface area (Å²) in [6.07, 6.45) is 0. The second kappa shape index (κ2) is 5.58. The van der Waals surface area contributed by atoms with Crippen LogP contribution in [0.15, 0.2) is 48.5 Å². The average molecular weight is 301 g/mol. The fourth-order valence-corrected chi connectivity index (χ4v) is 2.40. The van der Waals surface area contributed by atoms with E-state index in [0.29, 0.717) is 17.3 Å². The van der Waals surface area contributed by atoms with Gasteiger partial charge in [0.15, 0.2) is 5.69 Å². The van der Waals surface area contributed by atoms with Gasteiger partial charge in [0.25, 0.3) is 0 Å². The number of rotatable bonds is 3. The first-order chi connectivity index (χ1) is 10.2. The molecule has 0 aliphatic rings. The number of halogens is 1. The van der Waals surface area contributed by atoms with Crippen LogP contribution in [-0.2, 0) is 11.3 Å². The average Bonchev–Trinajstić information content (AvgIpc) is 2.86. The Morgan fingerprint density at radius 2 is 1.90 bits per heavy atom. The molecule has 2 aromatic carbocycles. The van der Waals surface area contributed by atoms with Crippen molar-refractivity contribution in [1.29, 1.82) is 0 Å². The third kappa shape index (κ3) is 2.62. The molecular formula is C16H13ClN2O2. The summed E-state index contributed by atoms with van der Waals surface area (Å²) in [6.45, 7) is 0.482. The molecule has 0 spiro atoms. The van der Waals surface area contributed by atoms with Crippen LogP contribution in [0.4, 0.5) is 0 Å². The number of carbonyl (C=O) groups excluding carboxylic acids is 1. The molecule has 4 nitrogen and oxygen atoms in total. The van der Waals surface area contributed by atoms with Gasteiger partial charge in [-0.2, -0.15) is 5.10 Å². The number of esters is 1. The van der Waals surface area contributed by atoms with Gasteiger partial charge in [-0.1, -0.05) is 41.9 Å². The van der Waals surface area contributed by atoms with Crippen LogP contribution >= 0.6 is 11.6 Å². The molecule has 0 saturated carbocycles. The van der Waals surface area contributed by atoms with Crippen molar-refractivity contribution in [1.82, 2.24) is 9.78 Å². The van der Waals surface area contributed by atoms with Crippen LogP contribution in [-0.4, -0.2) is 22.9 Å². The van der Waals surface area contributed by atoms with Crippen LogP contribution in [0.2, 0.25) is 5.02 Å². The first-order valence-corrected chi connectivity index (χ1v) is 6.85. The maximum absolute atomic E-state index is 12.0. The lowest BCUT2D eigenvalue weighted by Crippen LogP contribution is -2.13. The van der Waals surface area contributed by atoms with Gasteiger partial charge in [-0.15, -0.1) is 0 Å². The van der Waals surface area contributed by atoms with Crippen molar-refractivity contribution in [3.8, 4) is 0 Å². The number of fused-ring (bicyclic) bond motifs is 1. The molecule has 0 aliphatic heterocycles. The number of carbonyl (C=O) groups is 1. The minimum Gasteiger partial charge on any atom is -0.464 e. The third-order valence-electron chi connectivity index (χ3n) is 3.27. The Kier molecular flexibility index (Phi) is 3.62. The van der Waals surface area contributed by atoms with E-state index in [1.54, 1.807) is 4.68 Å². The molecule has 0 unspecified atom stereocenters. The first-order valence-electron chi connectivity index (χ1n) is 6.47. The van der Waals surface area contributed by atoms with E-state index in [2.05, 4.69) is 5.10 Å².